The number of alkyl halides is 1. The summed E-state index contributed by atoms with van der Waals surface area (Å²) in [6.45, 7) is 0. The Labute approximate surface area is 83.4 Å². The van der Waals surface area contributed by atoms with Gasteiger partial charge in [0.15, 0.2) is 0 Å². The van der Waals surface area contributed by atoms with Gasteiger partial charge in [0, 0.05) is 12.0 Å². The molecule has 4 nitrogen and oxygen atoms in total. The number of carbonyl (C=O) groups is 1. The summed E-state index contributed by atoms with van der Waals surface area (Å²) in [5.41, 5.74) is 0.865. The fraction of sp³-hybridized carbons (Fsp3) is 0.250. The van der Waals surface area contributed by atoms with Crippen LogP contribution in [0.1, 0.15) is 6.42 Å². The van der Waals surface area contributed by atoms with Crippen molar-refractivity contribution in [2.24, 2.45) is 5.16 Å². The third kappa shape index (κ3) is 2.18. The van der Waals surface area contributed by atoms with Crippen LogP contribution in [-0.2, 0) is 4.79 Å². The number of halogens is 1. The molecule has 5 heteroatoms. The van der Waals surface area contributed by atoms with Crippen LogP contribution in [0, 0.1) is 0 Å². The molecule has 70 valence electrons. The highest BCUT2D eigenvalue weighted by molar-refractivity contribution is 9.10. The second-order valence-electron chi connectivity index (χ2n) is 2.50. The Hall–Kier alpha value is -1.10. The maximum absolute atomic E-state index is 10.6. The number of nitrogens with zero attached hydrogens (tertiary/aromatic N) is 1. The van der Waals surface area contributed by atoms with Crippen molar-refractivity contribution in [1.82, 2.24) is 0 Å². The van der Waals surface area contributed by atoms with Gasteiger partial charge in [0.25, 0.3) is 0 Å². The van der Waals surface area contributed by atoms with Crippen molar-refractivity contribution in [3.05, 3.63) is 23.8 Å². The Morgan fingerprint density at radius 1 is 1.69 bits per heavy atom. The molecule has 1 rings (SSSR count). The van der Waals surface area contributed by atoms with Crippen LogP contribution in [0.5, 0.6) is 0 Å². The van der Waals surface area contributed by atoms with Crippen molar-refractivity contribution < 1.29 is 15.1 Å². The second-order valence-corrected chi connectivity index (χ2v) is 3.42. The van der Waals surface area contributed by atoms with Crippen molar-refractivity contribution in [2.75, 3.05) is 0 Å². The maximum Gasteiger partial charge on any atom is 0.321 e. The van der Waals surface area contributed by atoms with E-state index in [4.69, 9.17) is 10.3 Å². The van der Waals surface area contributed by atoms with Gasteiger partial charge in [-0.15, -0.1) is 0 Å². The van der Waals surface area contributed by atoms with Crippen LogP contribution >= 0.6 is 15.9 Å². The van der Waals surface area contributed by atoms with Gasteiger partial charge < -0.3 is 10.3 Å². The molecule has 2 N–H and O–H groups in total. The average Bonchev–Trinajstić information content (AvgIpc) is 2.16. The topological polar surface area (TPSA) is 69.9 Å². The molecule has 1 atom stereocenters. The quantitative estimate of drug-likeness (QED) is 0.441. The molecule has 1 aliphatic carbocycles. The molecule has 0 aromatic heterocycles. The van der Waals surface area contributed by atoms with Crippen molar-refractivity contribution in [1.29, 1.82) is 0 Å². The summed E-state index contributed by atoms with van der Waals surface area (Å²) in [7, 11) is 0. The van der Waals surface area contributed by atoms with Crippen LogP contribution < -0.4 is 0 Å². The van der Waals surface area contributed by atoms with E-state index in [1.807, 2.05) is 0 Å². The second kappa shape index (κ2) is 4.23. The number of carboxylic acid groups (broad SMARTS) is 1. The van der Waals surface area contributed by atoms with E-state index in [1.165, 1.54) is 0 Å². The summed E-state index contributed by atoms with van der Waals surface area (Å²) >= 11 is 2.99. The molecule has 0 saturated carbocycles. The van der Waals surface area contributed by atoms with E-state index in [-0.39, 0.29) is 0 Å². The number of aliphatic carboxylic acids is 1. The molecular weight excluding hydrogens is 238 g/mol. The predicted molar refractivity (Wildman–Crippen MR) is 51.4 cm³/mol. The fourth-order valence-electron chi connectivity index (χ4n) is 1.03. The fourth-order valence-corrected chi connectivity index (χ4v) is 1.44. The van der Waals surface area contributed by atoms with Crippen LogP contribution in [0.3, 0.4) is 0 Å². The average molecular weight is 246 g/mol. The third-order valence-corrected chi connectivity index (χ3v) is 2.55. The van der Waals surface area contributed by atoms with Gasteiger partial charge in [-0.25, -0.2) is 0 Å². The minimum absolute atomic E-state index is 0.381. The molecule has 0 aromatic carbocycles. The molecule has 0 fully saturated rings. The monoisotopic (exact) mass is 245 g/mol. The highest BCUT2D eigenvalue weighted by atomic mass is 79.9. The largest absolute Gasteiger partial charge is 0.480 e. The third-order valence-electron chi connectivity index (χ3n) is 1.67. The summed E-state index contributed by atoms with van der Waals surface area (Å²) < 4.78 is 0. The zero-order valence-electron chi connectivity index (χ0n) is 6.64. The van der Waals surface area contributed by atoms with Crippen LogP contribution in [-0.4, -0.2) is 26.8 Å². The lowest BCUT2D eigenvalue weighted by Crippen LogP contribution is -2.22. The Morgan fingerprint density at radius 3 is 2.92 bits per heavy atom. The van der Waals surface area contributed by atoms with Crippen molar-refractivity contribution >= 4 is 27.6 Å². The van der Waals surface area contributed by atoms with Crippen LogP contribution in [0.4, 0.5) is 0 Å². The molecule has 0 heterocycles. The Balaban J connectivity index is 2.94. The zero-order chi connectivity index (χ0) is 9.84. The molecule has 0 amide bonds. The lowest BCUT2D eigenvalue weighted by molar-refractivity contribution is -0.135. The Kier molecular flexibility index (Phi) is 3.25. The Bertz CT molecular complexity index is 307. The zero-order valence-corrected chi connectivity index (χ0v) is 8.23. The molecular formula is C8H8BrNO3. The van der Waals surface area contributed by atoms with Gasteiger partial charge in [-0.1, -0.05) is 39.3 Å². The van der Waals surface area contributed by atoms with E-state index in [0.717, 1.165) is 0 Å². The van der Waals surface area contributed by atoms with E-state index in [2.05, 4.69) is 21.1 Å². The summed E-state index contributed by atoms with van der Waals surface area (Å²) in [6, 6.07) is 0. The van der Waals surface area contributed by atoms with E-state index >= 15 is 0 Å². The number of rotatable bonds is 2. The maximum atomic E-state index is 10.6. The first kappa shape index (κ1) is 9.98. The first-order valence-corrected chi connectivity index (χ1v) is 4.53. The number of oxime groups is 1. The normalized spacial score (nSPS) is 21.3. The number of carboxylic acids is 1. The van der Waals surface area contributed by atoms with Crippen molar-refractivity contribution in [3.8, 4) is 0 Å². The van der Waals surface area contributed by atoms with Gasteiger partial charge in [-0.2, -0.15) is 0 Å². The van der Waals surface area contributed by atoms with Crippen LogP contribution in [0.25, 0.3) is 0 Å². The highest BCUT2D eigenvalue weighted by Gasteiger charge is 2.23. The minimum Gasteiger partial charge on any atom is -0.480 e. The molecule has 0 bridgehead atoms. The first-order chi connectivity index (χ1) is 6.16. The molecule has 13 heavy (non-hydrogen) atoms. The van der Waals surface area contributed by atoms with Gasteiger partial charge in [0.2, 0.25) is 0 Å². The molecule has 1 unspecified atom stereocenters. The Morgan fingerprint density at radius 2 is 2.38 bits per heavy atom. The van der Waals surface area contributed by atoms with Gasteiger partial charge >= 0.3 is 5.97 Å². The van der Waals surface area contributed by atoms with Crippen LogP contribution in [0.15, 0.2) is 29.0 Å². The summed E-state index contributed by atoms with van der Waals surface area (Å²) in [5, 5.41) is 20.3. The minimum atomic E-state index is -0.997. The van der Waals surface area contributed by atoms with Crippen LogP contribution in [0.2, 0.25) is 0 Å². The summed E-state index contributed by atoms with van der Waals surface area (Å²) in [5.74, 6) is -0.997. The smallest absolute Gasteiger partial charge is 0.321 e. The number of allylic oxidation sites excluding steroid dienone is 3. The summed E-state index contributed by atoms with van der Waals surface area (Å²) in [6.07, 6.45) is 5.60. The first-order valence-electron chi connectivity index (χ1n) is 3.61. The molecule has 0 aromatic rings. The van der Waals surface area contributed by atoms with E-state index < -0.39 is 10.8 Å². The predicted octanol–water partition coefficient (Wildman–Crippen LogP) is 1.55. The van der Waals surface area contributed by atoms with E-state index in [9.17, 15) is 4.79 Å². The lowest BCUT2D eigenvalue weighted by Gasteiger charge is -2.12. The molecule has 0 radical (unpaired) electrons. The molecule has 0 aliphatic heterocycles. The van der Waals surface area contributed by atoms with Crippen molar-refractivity contribution in [3.63, 3.8) is 0 Å². The molecule has 0 saturated heterocycles. The van der Waals surface area contributed by atoms with Gasteiger partial charge in [0.1, 0.15) is 4.83 Å². The standard InChI is InChI=1S/C8H8BrNO3/c9-7(8(11)12)5-3-1-2-4-6(5)10-13/h1-3,7,13H,4H2,(H,11,12). The van der Waals surface area contributed by atoms with Gasteiger partial charge in [-0.05, 0) is 0 Å². The van der Waals surface area contributed by atoms with Crippen molar-refractivity contribution in [2.45, 2.75) is 11.2 Å². The van der Waals surface area contributed by atoms with E-state index in [1.54, 1.807) is 18.2 Å². The lowest BCUT2D eigenvalue weighted by atomic mass is 10.00. The summed E-state index contributed by atoms with van der Waals surface area (Å²) in [4.78, 5) is 9.80. The van der Waals surface area contributed by atoms with Gasteiger partial charge in [-0.3, -0.25) is 4.79 Å². The number of hydrogen-bond donors (Lipinski definition) is 2. The SMILES string of the molecule is O=C(O)C(Br)C1=CC=CCC1=NO. The van der Waals surface area contributed by atoms with E-state index in [0.29, 0.717) is 17.7 Å². The number of hydrogen-bond acceptors (Lipinski definition) is 3. The van der Waals surface area contributed by atoms with Gasteiger partial charge in [0.05, 0.1) is 5.71 Å². The highest BCUT2D eigenvalue weighted by Crippen LogP contribution is 2.19. The molecule has 1 aliphatic rings. The molecule has 0 spiro atoms.